The molecule has 8 heteroatoms. The monoisotopic (exact) mass is 443 g/mol. The largest absolute Gasteiger partial charge is 0.381 e. The van der Waals surface area contributed by atoms with E-state index >= 15 is 0 Å². The van der Waals surface area contributed by atoms with Crippen LogP contribution in [0, 0.1) is 6.20 Å². The van der Waals surface area contributed by atoms with Gasteiger partial charge in [0.15, 0.2) is 0 Å². The van der Waals surface area contributed by atoms with E-state index in [1.54, 1.807) is 35.9 Å². The molecule has 1 N–H and O–H groups in total. The number of benzene rings is 1. The number of carbonyl (C=O) groups is 2. The Kier molecular flexibility index (Phi) is 6.81. The molecule has 0 aliphatic carbocycles. The maximum atomic E-state index is 12.6. The third kappa shape index (κ3) is 4.26. The third-order valence-electron chi connectivity index (χ3n) is 3.73. The normalized spacial score (nSPS) is 10.2. The van der Waals surface area contributed by atoms with Crippen molar-refractivity contribution in [1.29, 1.82) is 0 Å². The van der Waals surface area contributed by atoms with Gasteiger partial charge in [0.05, 0.1) is 5.56 Å². The Morgan fingerprint density at radius 1 is 1.35 bits per heavy atom. The first-order valence-electron chi connectivity index (χ1n) is 7.39. The summed E-state index contributed by atoms with van der Waals surface area (Å²) in [7, 11) is 1.68. The van der Waals surface area contributed by atoms with E-state index in [1.807, 2.05) is 0 Å². The van der Waals surface area contributed by atoms with Crippen molar-refractivity contribution in [3.8, 4) is 0 Å². The smallest absolute Gasteiger partial charge is 0.255 e. The number of halogens is 1. The van der Waals surface area contributed by atoms with Gasteiger partial charge >= 0.3 is 0 Å². The number of hydrogen-bond acceptors (Lipinski definition) is 4. The van der Waals surface area contributed by atoms with Crippen LogP contribution in [0.15, 0.2) is 41.3 Å². The number of fused-ring (bicyclic) bond motifs is 1. The molecule has 3 rings (SSSR count). The Bertz CT molecular complexity index is 1030. The second kappa shape index (κ2) is 8.67. The zero-order valence-electron chi connectivity index (χ0n) is 13.8. The van der Waals surface area contributed by atoms with Crippen LogP contribution < -0.4 is 10.7 Å². The summed E-state index contributed by atoms with van der Waals surface area (Å²) in [5, 5.41) is 3.53. The number of aldehydes is 1. The second-order valence-electron chi connectivity index (χ2n) is 5.46. The average Bonchev–Trinajstić information content (AvgIpc) is 2.63. The molecule has 2 heterocycles. The van der Waals surface area contributed by atoms with Crippen molar-refractivity contribution in [2.24, 2.45) is 7.05 Å². The number of hydrogen-bond donors (Lipinski definition) is 1. The van der Waals surface area contributed by atoms with Crippen molar-refractivity contribution >= 4 is 34.7 Å². The number of nitrogens with one attached hydrogen (secondary N) is 1. The summed E-state index contributed by atoms with van der Waals surface area (Å²) in [5.74, 6) is -0.498. The van der Waals surface area contributed by atoms with E-state index in [9.17, 15) is 14.4 Å². The standard InChI is InChI=1S/C18H13ClN3O3.Y/c1-22-9-15(17(24)14-6-13(10-23)20-8-16(14)22)18(25)21-7-11-2-4-12(19)5-3-11;/h2-6,9-10H,7H2,1H3,(H,21,25);/q-1;. The number of aromatic nitrogens is 2. The molecular weight excluding hydrogens is 431 g/mol. The Morgan fingerprint density at radius 2 is 2.04 bits per heavy atom. The maximum absolute atomic E-state index is 12.6. The number of carbonyl (C=O) groups excluding carboxylic acids is 2. The van der Waals surface area contributed by atoms with Crippen LogP contribution in [-0.2, 0) is 46.3 Å². The number of rotatable bonds is 4. The van der Waals surface area contributed by atoms with Gasteiger partial charge in [0.2, 0.25) is 0 Å². The summed E-state index contributed by atoms with van der Waals surface area (Å²) >= 11 is 5.82. The molecule has 3 aromatic rings. The minimum Gasteiger partial charge on any atom is -0.381 e. The molecule has 0 aliphatic heterocycles. The fourth-order valence-corrected chi connectivity index (χ4v) is 2.56. The number of amides is 1. The van der Waals surface area contributed by atoms with Gasteiger partial charge in [-0.3, -0.25) is 4.79 Å². The molecule has 0 aliphatic rings. The van der Waals surface area contributed by atoms with Crippen molar-refractivity contribution in [2.75, 3.05) is 0 Å². The summed E-state index contributed by atoms with van der Waals surface area (Å²) < 4.78 is 1.58. The molecule has 0 bridgehead atoms. The topological polar surface area (TPSA) is 81.1 Å². The van der Waals surface area contributed by atoms with Gasteiger partial charge < -0.3 is 24.5 Å². The van der Waals surface area contributed by atoms with Crippen molar-refractivity contribution in [3.63, 3.8) is 0 Å². The molecule has 0 atom stereocenters. The minimum atomic E-state index is -0.498. The van der Waals surface area contributed by atoms with Crippen molar-refractivity contribution in [3.05, 3.63) is 74.8 Å². The first-order valence-corrected chi connectivity index (χ1v) is 7.77. The van der Waals surface area contributed by atoms with Crippen LogP contribution in [0.25, 0.3) is 10.9 Å². The summed E-state index contributed by atoms with van der Waals surface area (Å²) in [5.41, 5.74) is 0.883. The average molecular weight is 444 g/mol. The molecule has 1 aromatic carbocycles. The first kappa shape index (κ1) is 20.4. The molecule has 0 unspecified atom stereocenters. The molecule has 0 spiro atoms. The van der Waals surface area contributed by atoms with Gasteiger partial charge in [-0.15, -0.1) is 6.07 Å². The predicted molar refractivity (Wildman–Crippen MR) is 93.8 cm³/mol. The Morgan fingerprint density at radius 3 is 2.69 bits per heavy atom. The summed E-state index contributed by atoms with van der Waals surface area (Å²) in [6, 6.07) is 8.39. The quantitative estimate of drug-likeness (QED) is 0.495. The van der Waals surface area contributed by atoms with Gasteiger partial charge in [-0.1, -0.05) is 35.3 Å². The second-order valence-corrected chi connectivity index (χ2v) is 5.90. The molecule has 0 fully saturated rings. The molecule has 6 nitrogen and oxygen atoms in total. The summed E-state index contributed by atoms with van der Waals surface area (Å²) in [6.07, 6.45) is 4.61. The molecule has 2 aromatic heterocycles. The van der Waals surface area contributed by atoms with E-state index < -0.39 is 11.3 Å². The Labute approximate surface area is 179 Å². The summed E-state index contributed by atoms with van der Waals surface area (Å²) in [6.45, 7) is 0.263. The Hall–Kier alpha value is -1.89. The minimum absolute atomic E-state index is 0. The van der Waals surface area contributed by atoms with Crippen molar-refractivity contribution < 1.29 is 42.3 Å². The van der Waals surface area contributed by atoms with Gasteiger partial charge in [-0.25, -0.2) is 0 Å². The van der Waals surface area contributed by atoms with Crippen LogP contribution in [-0.4, -0.2) is 21.7 Å². The van der Waals surface area contributed by atoms with Crippen LogP contribution in [0.5, 0.6) is 0 Å². The first-order chi connectivity index (χ1) is 12.0. The van der Waals surface area contributed by atoms with Gasteiger partial charge in [0.25, 0.3) is 5.91 Å². The number of nitrogens with zero attached hydrogens (tertiary/aromatic N) is 2. The number of aryl methyl sites for hydroxylation is 1. The molecular formula is C18H13ClN3O3Y-. The maximum Gasteiger partial charge on any atom is 0.255 e. The molecule has 0 saturated heterocycles. The van der Waals surface area contributed by atoms with E-state index in [-0.39, 0.29) is 55.9 Å². The van der Waals surface area contributed by atoms with E-state index in [2.05, 4.69) is 16.5 Å². The Balaban J connectivity index is 0.00000243. The van der Waals surface area contributed by atoms with Gasteiger partial charge in [0, 0.05) is 57.5 Å². The molecule has 1 radical (unpaired) electrons. The zero-order chi connectivity index (χ0) is 18.0. The summed E-state index contributed by atoms with van der Waals surface area (Å²) in [4.78, 5) is 39.7. The predicted octanol–water partition coefficient (Wildman–Crippen LogP) is 2.13. The van der Waals surface area contributed by atoms with E-state index in [4.69, 9.17) is 11.6 Å². The van der Waals surface area contributed by atoms with Gasteiger partial charge in [-0.05, 0) is 28.9 Å². The molecule has 0 saturated carbocycles. The van der Waals surface area contributed by atoms with Crippen LogP contribution in [0.2, 0.25) is 5.02 Å². The van der Waals surface area contributed by atoms with Crippen molar-refractivity contribution in [2.45, 2.75) is 6.54 Å². The van der Waals surface area contributed by atoms with Crippen molar-refractivity contribution in [1.82, 2.24) is 14.9 Å². The molecule has 1 amide bonds. The SMILES string of the molecule is Cn1cc(C(=O)NCc2ccc(Cl)cc2)c(=O)c2cc(C=O)n[c-]c21.[Y]. The fourth-order valence-electron chi connectivity index (χ4n) is 2.43. The molecule has 129 valence electrons. The third-order valence-corrected chi connectivity index (χ3v) is 3.99. The molecule has 26 heavy (non-hydrogen) atoms. The van der Waals surface area contributed by atoms with E-state index in [0.29, 0.717) is 16.8 Å². The number of pyridine rings is 2. The van der Waals surface area contributed by atoms with Gasteiger partial charge in [0.1, 0.15) is 11.7 Å². The van der Waals surface area contributed by atoms with Crippen LogP contribution in [0.4, 0.5) is 0 Å². The van der Waals surface area contributed by atoms with E-state index in [1.165, 1.54) is 12.3 Å². The van der Waals surface area contributed by atoms with E-state index in [0.717, 1.165) is 5.56 Å². The van der Waals surface area contributed by atoms with Gasteiger partial charge in [-0.2, -0.15) is 0 Å². The van der Waals surface area contributed by atoms with Crippen LogP contribution in [0.1, 0.15) is 26.4 Å². The zero-order valence-corrected chi connectivity index (χ0v) is 17.4. The van der Waals surface area contributed by atoms with Crippen LogP contribution in [0.3, 0.4) is 0 Å². The van der Waals surface area contributed by atoms with Crippen LogP contribution >= 0.6 is 11.6 Å². The fraction of sp³-hybridized carbons (Fsp3) is 0.111.